The van der Waals surface area contributed by atoms with Gasteiger partial charge >= 0.3 is 0 Å². The van der Waals surface area contributed by atoms with Crippen molar-refractivity contribution in [3.63, 3.8) is 0 Å². The van der Waals surface area contributed by atoms with E-state index in [0.717, 1.165) is 15.4 Å². The number of methoxy groups -OCH3 is 5. The Labute approximate surface area is 258 Å². The lowest BCUT2D eigenvalue weighted by Crippen LogP contribution is -2.36. The molecule has 2 aromatic carbocycles. The number of hydrogen-bond acceptors (Lipinski definition) is 9. The fourth-order valence-electron chi connectivity index (χ4n) is 5.45. The third-order valence-corrected chi connectivity index (χ3v) is 8.00. The first-order chi connectivity index (χ1) is 20.8. The fraction of sp³-hybridized carbons (Fsp3) is 0.281. The van der Waals surface area contributed by atoms with Crippen molar-refractivity contribution in [3.05, 3.63) is 94.5 Å². The van der Waals surface area contributed by atoms with Gasteiger partial charge < -0.3 is 33.4 Å². The van der Waals surface area contributed by atoms with Crippen LogP contribution in [-0.2, 0) is 12.1 Å². The predicted molar refractivity (Wildman–Crippen MR) is 165 cm³/mol. The van der Waals surface area contributed by atoms with Gasteiger partial charge in [0.2, 0.25) is 17.6 Å². The first-order valence-corrected chi connectivity index (χ1v) is 14.3. The van der Waals surface area contributed by atoms with E-state index >= 15 is 0 Å². The van der Waals surface area contributed by atoms with Gasteiger partial charge in [-0.2, -0.15) is 4.98 Å². The molecule has 3 heterocycles. The summed E-state index contributed by atoms with van der Waals surface area (Å²) in [4.78, 5) is 13.4. The molecule has 0 aliphatic carbocycles. The Balaban J connectivity index is 1.87. The van der Waals surface area contributed by atoms with Crippen LogP contribution in [0.4, 0.5) is 0 Å². The monoisotopic (exact) mass is 648 g/mol. The first-order valence-electron chi connectivity index (χ1n) is 13.5. The van der Waals surface area contributed by atoms with Crippen LogP contribution in [0.15, 0.2) is 77.8 Å². The Hall–Kier alpha value is -4.35. The van der Waals surface area contributed by atoms with Crippen molar-refractivity contribution in [2.24, 2.45) is 0 Å². The van der Waals surface area contributed by atoms with Crippen molar-refractivity contribution in [1.29, 1.82) is 0 Å². The van der Waals surface area contributed by atoms with Crippen molar-refractivity contribution >= 4 is 26.8 Å². The van der Waals surface area contributed by atoms with E-state index in [2.05, 4.69) is 25.9 Å². The van der Waals surface area contributed by atoms with Gasteiger partial charge in [0.1, 0.15) is 5.60 Å². The van der Waals surface area contributed by atoms with Crippen LogP contribution in [0.25, 0.3) is 10.9 Å². The molecule has 11 heteroatoms. The molecule has 0 aliphatic rings. The van der Waals surface area contributed by atoms with Gasteiger partial charge in [-0.1, -0.05) is 28.1 Å². The molecule has 1 N–H and O–H groups in total. The number of halogens is 1. The topological polar surface area (TPSA) is 110 Å². The Kier molecular flexibility index (Phi) is 9.02. The summed E-state index contributed by atoms with van der Waals surface area (Å²) in [5.74, 6) is 1.14. The summed E-state index contributed by atoms with van der Waals surface area (Å²) in [5.41, 5.74) is 0.945. The molecular formula is C32H33BrN4O6. The van der Waals surface area contributed by atoms with E-state index in [1.165, 1.54) is 14.2 Å². The van der Waals surface area contributed by atoms with Gasteiger partial charge in [-0.05, 0) is 42.3 Å². The number of imidazole rings is 1. The van der Waals surface area contributed by atoms with Crippen LogP contribution in [0.3, 0.4) is 0 Å². The van der Waals surface area contributed by atoms with E-state index in [4.69, 9.17) is 28.7 Å². The second-order valence-electron chi connectivity index (χ2n) is 9.85. The minimum Gasteiger partial charge on any atom is -0.493 e. The number of aryl methyl sites for hydroxylation is 1. The molecule has 0 fully saturated rings. The summed E-state index contributed by atoms with van der Waals surface area (Å²) >= 11 is 3.58. The molecule has 0 saturated heterocycles. The second-order valence-corrected chi connectivity index (χ2v) is 10.8. The highest BCUT2D eigenvalue weighted by molar-refractivity contribution is 9.10. The number of pyridine rings is 2. The third-order valence-electron chi connectivity index (χ3n) is 7.50. The highest BCUT2D eigenvalue weighted by Gasteiger charge is 2.45. The molecular weight excluding hydrogens is 616 g/mol. The molecule has 5 rings (SSSR count). The molecule has 0 aliphatic heterocycles. The lowest BCUT2D eigenvalue weighted by molar-refractivity contribution is 0.00427. The van der Waals surface area contributed by atoms with Crippen molar-refractivity contribution in [3.8, 4) is 29.1 Å². The summed E-state index contributed by atoms with van der Waals surface area (Å²) in [6, 6.07) is 16.8. The molecule has 5 aromatic rings. The van der Waals surface area contributed by atoms with E-state index in [1.54, 1.807) is 46.0 Å². The fourth-order valence-corrected chi connectivity index (χ4v) is 5.83. The van der Waals surface area contributed by atoms with Crippen LogP contribution in [0, 0.1) is 0 Å². The molecule has 3 aromatic heterocycles. The van der Waals surface area contributed by atoms with E-state index < -0.39 is 11.5 Å². The second kappa shape index (κ2) is 12.9. The summed E-state index contributed by atoms with van der Waals surface area (Å²) in [7, 11) is 7.77. The third kappa shape index (κ3) is 5.95. The standard InChI is InChI=1S/C32H33BrN4O6/c1-39-26-8-6-7-23(30(26)42-4)29(24-16-20-15-22(33)9-10-25(20)35-31(24)43-5)32(38,11-13-37-14-12-34-19-37)21-17-27(40-2)36-28(18-21)41-3/h6-10,12,14-19,29,38H,11,13H2,1-5H3. The lowest BCUT2D eigenvalue weighted by Gasteiger charge is -2.39. The number of benzene rings is 2. The number of fused-ring (bicyclic) bond motifs is 1. The summed E-state index contributed by atoms with van der Waals surface area (Å²) in [5, 5.41) is 14.1. The number of nitrogens with zero attached hydrogens (tertiary/aromatic N) is 4. The highest BCUT2D eigenvalue weighted by atomic mass is 79.9. The minimum absolute atomic E-state index is 0.240. The zero-order valence-electron chi connectivity index (χ0n) is 24.6. The SMILES string of the molecule is COc1cc(C(O)(CCn2ccnc2)C(c2cc3cc(Br)ccc3nc2OC)c2cccc(OC)c2OC)cc(OC)n1. The lowest BCUT2D eigenvalue weighted by atomic mass is 9.71. The largest absolute Gasteiger partial charge is 0.493 e. The van der Waals surface area contributed by atoms with Crippen molar-refractivity contribution in [1.82, 2.24) is 19.5 Å². The molecule has 10 nitrogen and oxygen atoms in total. The van der Waals surface area contributed by atoms with E-state index in [-0.39, 0.29) is 6.42 Å². The Bertz CT molecular complexity index is 1690. The minimum atomic E-state index is -1.62. The van der Waals surface area contributed by atoms with Crippen LogP contribution >= 0.6 is 15.9 Å². The number of aliphatic hydroxyl groups is 1. The molecule has 2 unspecified atom stereocenters. The molecule has 0 saturated carbocycles. The first kappa shape index (κ1) is 30.1. The molecule has 0 spiro atoms. The molecule has 0 radical (unpaired) electrons. The molecule has 224 valence electrons. The van der Waals surface area contributed by atoms with Crippen molar-refractivity contribution < 1.29 is 28.8 Å². The summed E-state index contributed by atoms with van der Waals surface area (Å²) < 4.78 is 31.4. The molecule has 0 bridgehead atoms. The van der Waals surface area contributed by atoms with Crippen LogP contribution in [0.1, 0.15) is 29.0 Å². The molecule has 0 amide bonds. The number of para-hydroxylation sites is 1. The predicted octanol–water partition coefficient (Wildman–Crippen LogP) is 5.74. The molecule has 2 atom stereocenters. The quantitative estimate of drug-likeness (QED) is 0.181. The summed E-state index contributed by atoms with van der Waals surface area (Å²) in [6.07, 6.45) is 5.51. The van der Waals surface area contributed by atoms with E-state index in [1.807, 2.05) is 53.2 Å². The zero-order valence-corrected chi connectivity index (χ0v) is 26.2. The van der Waals surface area contributed by atoms with Crippen LogP contribution < -0.4 is 23.7 Å². The summed E-state index contributed by atoms with van der Waals surface area (Å²) in [6.45, 7) is 0.432. The van der Waals surface area contributed by atoms with Crippen LogP contribution in [-0.4, -0.2) is 60.2 Å². The maximum absolute atomic E-state index is 13.3. The number of rotatable bonds is 12. The van der Waals surface area contributed by atoms with Crippen molar-refractivity contribution in [2.75, 3.05) is 35.5 Å². The van der Waals surface area contributed by atoms with Gasteiger partial charge in [-0.15, -0.1) is 0 Å². The Morgan fingerprint density at radius 1 is 0.860 bits per heavy atom. The van der Waals surface area contributed by atoms with Crippen molar-refractivity contribution in [2.45, 2.75) is 24.5 Å². The highest BCUT2D eigenvalue weighted by Crippen LogP contribution is 2.52. The average Bonchev–Trinajstić information content (AvgIpc) is 3.57. The Morgan fingerprint density at radius 3 is 2.26 bits per heavy atom. The number of aromatic nitrogens is 4. The van der Waals surface area contributed by atoms with Crippen LogP contribution in [0.5, 0.6) is 29.1 Å². The van der Waals surface area contributed by atoms with Gasteiger partial charge in [0, 0.05) is 52.1 Å². The van der Waals surface area contributed by atoms with E-state index in [0.29, 0.717) is 52.4 Å². The van der Waals surface area contributed by atoms with Gasteiger partial charge in [-0.25, -0.2) is 9.97 Å². The van der Waals surface area contributed by atoms with Gasteiger partial charge in [-0.3, -0.25) is 0 Å². The smallest absolute Gasteiger partial charge is 0.217 e. The number of hydrogen-bond donors (Lipinski definition) is 1. The van der Waals surface area contributed by atoms with Gasteiger partial charge in [0.15, 0.2) is 11.5 Å². The van der Waals surface area contributed by atoms with Gasteiger partial charge in [0.25, 0.3) is 0 Å². The Morgan fingerprint density at radius 2 is 1.63 bits per heavy atom. The maximum atomic E-state index is 13.3. The zero-order chi connectivity index (χ0) is 30.6. The normalized spacial score (nSPS) is 13.3. The van der Waals surface area contributed by atoms with Gasteiger partial charge in [0.05, 0.1) is 53.3 Å². The number of ether oxygens (including phenoxy) is 5. The molecule has 43 heavy (non-hydrogen) atoms. The van der Waals surface area contributed by atoms with E-state index in [9.17, 15) is 5.11 Å². The van der Waals surface area contributed by atoms with Crippen LogP contribution in [0.2, 0.25) is 0 Å². The average molecular weight is 650 g/mol. The maximum Gasteiger partial charge on any atom is 0.217 e.